The molecule has 0 spiro atoms. The third kappa shape index (κ3) is 5.98. The van der Waals surface area contributed by atoms with Gasteiger partial charge in [-0.25, -0.2) is 32.6 Å². The molecule has 13 heteroatoms. The SMILES string of the molecule is CC(O)c1cnc(N2CCN(c3ncnn4cc(-c5cnn(C)c5)cc34)CC2)nc1.Fc1cc(F)cc(F)c1. The van der Waals surface area contributed by atoms with E-state index in [-0.39, 0.29) is 0 Å². The first kappa shape index (κ1) is 26.1. The molecule has 0 saturated carbocycles. The number of hydrogen-bond acceptors (Lipinski definition) is 8. The van der Waals surface area contributed by atoms with E-state index in [9.17, 15) is 18.3 Å². The summed E-state index contributed by atoms with van der Waals surface area (Å²) in [7, 11) is 1.91. The van der Waals surface area contributed by atoms with Gasteiger partial charge in [0, 0.05) is 92.9 Å². The van der Waals surface area contributed by atoms with Gasteiger partial charge in [0.25, 0.3) is 0 Å². The molecule has 1 saturated heterocycles. The minimum absolute atomic E-state index is 0.560. The van der Waals surface area contributed by atoms with Crippen LogP contribution in [0.2, 0.25) is 0 Å². The first-order chi connectivity index (χ1) is 18.8. The fourth-order valence-electron chi connectivity index (χ4n) is 4.24. The van der Waals surface area contributed by atoms with Gasteiger partial charge >= 0.3 is 0 Å². The average Bonchev–Trinajstić information content (AvgIpc) is 3.54. The van der Waals surface area contributed by atoms with Crippen molar-refractivity contribution in [2.75, 3.05) is 36.0 Å². The summed E-state index contributed by atoms with van der Waals surface area (Å²) < 4.78 is 39.5. The van der Waals surface area contributed by atoms with Crippen LogP contribution in [0.25, 0.3) is 16.6 Å². The zero-order chi connectivity index (χ0) is 27.5. The predicted octanol–water partition coefficient (Wildman–Crippen LogP) is 3.40. The molecule has 0 aliphatic carbocycles. The van der Waals surface area contributed by atoms with E-state index < -0.39 is 23.6 Å². The number of nitrogens with zero attached hydrogens (tertiary/aromatic N) is 9. The minimum atomic E-state index is -0.896. The molecular formula is C26H26F3N9O. The Morgan fingerprint density at radius 2 is 1.38 bits per heavy atom. The van der Waals surface area contributed by atoms with Crippen LogP contribution in [0.1, 0.15) is 18.6 Å². The van der Waals surface area contributed by atoms with Gasteiger partial charge in [-0.1, -0.05) is 0 Å². The molecule has 5 heterocycles. The zero-order valence-electron chi connectivity index (χ0n) is 21.3. The van der Waals surface area contributed by atoms with Gasteiger partial charge in [0.15, 0.2) is 5.82 Å². The minimum Gasteiger partial charge on any atom is -0.389 e. The maximum atomic E-state index is 11.9. The summed E-state index contributed by atoms with van der Waals surface area (Å²) in [6, 6.07) is 3.95. The van der Waals surface area contributed by atoms with E-state index in [1.54, 1.807) is 30.3 Å². The van der Waals surface area contributed by atoms with Gasteiger partial charge < -0.3 is 14.9 Å². The monoisotopic (exact) mass is 537 g/mol. The van der Waals surface area contributed by atoms with E-state index in [2.05, 4.69) is 41.0 Å². The number of aliphatic hydroxyl groups excluding tert-OH is 1. The van der Waals surface area contributed by atoms with Crippen molar-refractivity contribution in [1.82, 2.24) is 34.3 Å². The van der Waals surface area contributed by atoms with Gasteiger partial charge in [-0.15, -0.1) is 0 Å². The topological polar surface area (TPSA) is 101 Å². The lowest BCUT2D eigenvalue weighted by Crippen LogP contribution is -2.47. The maximum Gasteiger partial charge on any atom is 0.225 e. The second-order valence-corrected chi connectivity index (χ2v) is 9.10. The molecule has 0 amide bonds. The summed E-state index contributed by atoms with van der Waals surface area (Å²) in [6.07, 6.45) is 10.3. The van der Waals surface area contributed by atoms with Gasteiger partial charge in [-0.2, -0.15) is 10.2 Å². The molecule has 1 unspecified atom stereocenters. The molecule has 202 valence electrons. The summed E-state index contributed by atoms with van der Waals surface area (Å²) in [5.74, 6) is -1.08. The number of aromatic nitrogens is 7. The molecule has 39 heavy (non-hydrogen) atoms. The Morgan fingerprint density at radius 3 is 1.95 bits per heavy atom. The van der Waals surface area contributed by atoms with Crippen LogP contribution in [-0.2, 0) is 7.05 Å². The van der Waals surface area contributed by atoms with Crippen LogP contribution in [0.4, 0.5) is 24.9 Å². The fraction of sp³-hybridized carbons (Fsp3) is 0.269. The number of benzene rings is 1. The van der Waals surface area contributed by atoms with Crippen LogP contribution < -0.4 is 9.80 Å². The molecule has 0 bridgehead atoms. The van der Waals surface area contributed by atoms with E-state index >= 15 is 0 Å². The molecule has 1 aromatic carbocycles. The van der Waals surface area contributed by atoms with Crippen LogP contribution in [-0.4, -0.2) is 65.6 Å². The van der Waals surface area contributed by atoms with Crippen molar-refractivity contribution in [3.05, 3.63) is 84.6 Å². The lowest BCUT2D eigenvalue weighted by atomic mass is 10.2. The Morgan fingerprint density at radius 1 is 0.769 bits per heavy atom. The van der Waals surface area contributed by atoms with Crippen molar-refractivity contribution < 1.29 is 18.3 Å². The average molecular weight is 538 g/mol. The molecule has 5 aromatic rings. The normalized spacial score (nSPS) is 14.3. The third-order valence-electron chi connectivity index (χ3n) is 6.25. The number of hydrogen-bond donors (Lipinski definition) is 1. The summed E-state index contributed by atoms with van der Waals surface area (Å²) in [4.78, 5) is 17.8. The highest BCUT2D eigenvalue weighted by atomic mass is 19.1. The van der Waals surface area contributed by atoms with Gasteiger partial charge in [0.2, 0.25) is 5.95 Å². The Kier molecular flexibility index (Phi) is 7.41. The van der Waals surface area contributed by atoms with Gasteiger partial charge in [0.1, 0.15) is 29.3 Å². The van der Waals surface area contributed by atoms with Crippen LogP contribution in [0.5, 0.6) is 0 Å². The molecule has 1 N–H and O–H groups in total. The molecule has 1 fully saturated rings. The largest absolute Gasteiger partial charge is 0.389 e. The van der Waals surface area contributed by atoms with Crippen molar-refractivity contribution >= 4 is 17.3 Å². The van der Waals surface area contributed by atoms with E-state index in [0.29, 0.717) is 24.1 Å². The second kappa shape index (κ2) is 11.1. The highest BCUT2D eigenvalue weighted by molar-refractivity contribution is 5.77. The van der Waals surface area contributed by atoms with Gasteiger partial charge in [-0.05, 0) is 13.0 Å². The summed E-state index contributed by atoms with van der Waals surface area (Å²) >= 11 is 0. The van der Waals surface area contributed by atoms with Crippen LogP contribution >= 0.6 is 0 Å². The third-order valence-corrected chi connectivity index (χ3v) is 6.25. The van der Waals surface area contributed by atoms with E-state index in [1.165, 1.54) is 0 Å². The van der Waals surface area contributed by atoms with Crippen LogP contribution in [0, 0.1) is 17.5 Å². The van der Waals surface area contributed by atoms with Crippen LogP contribution in [0.3, 0.4) is 0 Å². The lowest BCUT2D eigenvalue weighted by molar-refractivity contribution is 0.198. The predicted molar refractivity (Wildman–Crippen MR) is 139 cm³/mol. The number of anilines is 2. The van der Waals surface area contributed by atoms with Crippen LogP contribution in [0.15, 0.2) is 61.6 Å². The summed E-state index contributed by atoms with van der Waals surface area (Å²) in [6.45, 7) is 4.91. The van der Waals surface area contributed by atoms with Gasteiger partial charge in [0.05, 0.1) is 12.3 Å². The molecule has 0 radical (unpaired) electrons. The number of piperazine rings is 1. The molecular weight excluding hydrogens is 511 g/mol. The van der Waals surface area contributed by atoms with E-state index in [4.69, 9.17) is 0 Å². The van der Waals surface area contributed by atoms with Crippen molar-refractivity contribution in [3.8, 4) is 11.1 Å². The van der Waals surface area contributed by atoms with Crippen molar-refractivity contribution in [1.29, 1.82) is 0 Å². The zero-order valence-corrected chi connectivity index (χ0v) is 21.3. The number of fused-ring (bicyclic) bond motifs is 1. The van der Waals surface area contributed by atoms with Crippen molar-refractivity contribution in [2.45, 2.75) is 13.0 Å². The van der Waals surface area contributed by atoms with Gasteiger partial charge in [-0.3, -0.25) is 4.68 Å². The number of halogens is 3. The molecule has 1 aliphatic rings. The lowest BCUT2D eigenvalue weighted by Gasteiger charge is -2.35. The van der Waals surface area contributed by atoms with E-state index in [1.807, 2.05) is 30.2 Å². The van der Waals surface area contributed by atoms with Crippen molar-refractivity contribution in [2.24, 2.45) is 7.05 Å². The van der Waals surface area contributed by atoms with E-state index in [0.717, 1.165) is 54.2 Å². The number of rotatable bonds is 4. The first-order valence-corrected chi connectivity index (χ1v) is 12.2. The maximum absolute atomic E-state index is 11.9. The molecule has 1 atom stereocenters. The molecule has 6 rings (SSSR count). The Bertz CT molecular complexity index is 1510. The Hall–Kier alpha value is -4.52. The number of aliphatic hydroxyl groups is 1. The first-order valence-electron chi connectivity index (χ1n) is 12.2. The summed E-state index contributed by atoms with van der Waals surface area (Å²) in [5.41, 5.74) is 3.81. The molecule has 1 aliphatic heterocycles. The summed E-state index contributed by atoms with van der Waals surface area (Å²) in [5, 5.41) is 18.3. The molecule has 4 aromatic heterocycles. The quantitative estimate of drug-likeness (QED) is 0.373. The molecule has 10 nitrogen and oxygen atoms in total. The fourth-order valence-corrected chi connectivity index (χ4v) is 4.24. The number of aryl methyl sites for hydroxylation is 1. The Balaban J connectivity index is 0.000000292. The highest BCUT2D eigenvalue weighted by Crippen LogP contribution is 2.27. The Labute approximate surface area is 222 Å². The second-order valence-electron chi connectivity index (χ2n) is 9.10. The van der Waals surface area contributed by atoms with Crippen molar-refractivity contribution in [3.63, 3.8) is 0 Å². The highest BCUT2D eigenvalue weighted by Gasteiger charge is 2.22. The standard InChI is InChI=1S/C20H23N9O.C6H3F3/c1-14(30)16-8-21-20(22-9-16)28-5-3-27(4-6-28)19-18-7-15(12-29(18)25-13-23-19)17-10-24-26(2)11-17;7-4-1-5(8)3-6(9)2-4/h7-14,30H,3-6H2,1-2H3;1-3H. The smallest absolute Gasteiger partial charge is 0.225 e.